The van der Waals surface area contributed by atoms with Gasteiger partial charge in [-0.3, -0.25) is 9.69 Å². The van der Waals surface area contributed by atoms with E-state index < -0.39 is 6.61 Å². The van der Waals surface area contributed by atoms with Crippen LogP contribution in [0.5, 0.6) is 5.75 Å². The summed E-state index contributed by atoms with van der Waals surface area (Å²) in [6.07, 6.45) is 1.91. The van der Waals surface area contributed by atoms with E-state index in [-0.39, 0.29) is 11.7 Å². The van der Waals surface area contributed by atoms with Crippen LogP contribution in [-0.4, -0.2) is 64.4 Å². The SMILES string of the molecule is O=C(CN1CCOCC1)N1Cc2cn(Sc3ccc(OC(F)F)cc3)nc2C1.c1ccccc1. The van der Waals surface area contributed by atoms with Gasteiger partial charge in [-0.05, 0) is 24.3 Å². The molecule has 5 rings (SSSR count). The van der Waals surface area contributed by atoms with Crippen molar-refractivity contribution >= 4 is 17.9 Å². The number of fused-ring (bicyclic) bond motifs is 1. The Hall–Kier alpha value is -2.95. The number of ether oxygens (including phenoxy) is 2. The first kappa shape index (κ1) is 24.2. The highest BCUT2D eigenvalue weighted by molar-refractivity contribution is 7.97. The molecule has 0 atom stereocenters. The molecule has 7 nitrogen and oxygen atoms in total. The Morgan fingerprint density at radius 3 is 2.26 bits per heavy atom. The van der Waals surface area contributed by atoms with Gasteiger partial charge >= 0.3 is 6.61 Å². The molecule has 1 fully saturated rings. The molecule has 0 aliphatic carbocycles. The molecule has 0 radical (unpaired) electrons. The maximum Gasteiger partial charge on any atom is 0.387 e. The molecular formula is C24H26F2N4O3S. The quantitative estimate of drug-likeness (QED) is 0.525. The first-order chi connectivity index (χ1) is 16.6. The van der Waals surface area contributed by atoms with Crippen LogP contribution in [0.3, 0.4) is 0 Å². The van der Waals surface area contributed by atoms with Crippen LogP contribution in [0.1, 0.15) is 11.3 Å². The van der Waals surface area contributed by atoms with E-state index in [1.165, 1.54) is 24.1 Å². The normalized spacial score (nSPS) is 15.6. The lowest BCUT2D eigenvalue weighted by molar-refractivity contribution is -0.134. The van der Waals surface area contributed by atoms with Crippen LogP contribution >= 0.6 is 11.9 Å². The number of aromatic nitrogens is 2. The van der Waals surface area contributed by atoms with Crippen LogP contribution in [0.25, 0.3) is 0 Å². The van der Waals surface area contributed by atoms with Gasteiger partial charge in [0.1, 0.15) is 5.75 Å². The van der Waals surface area contributed by atoms with Crippen LogP contribution in [-0.2, 0) is 22.6 Å². The number of benzene rings is 2. The second-order valence-electron chi connectivity index (χ2n) is 7.74. The second-order valence-corrected chi connectivity index (χ2v) is 8.77. The van der Waals surface area contributed by atoms with Gasteiger partial charge in [0, 0.05) is 48.2 Å². The van der Waals surface area contributed by atoms with Gasteiger partial charge in [-0.25, -0.2) is 4.09 Å². The van der Waals surface area contributed by atoms with Crippen LogP contribution in [0.2, 0.25) is 0 Å². The number of hydrogen-bond donors (Lipinski definition) is 0. The molecule has 0 N–H and O–H groups in total. The monoisotopic (exact) mass is 488 g/mol. The zero-order chi connectivity index (χ0) is 23.8. The van der Waals surface area contributed by atoms with E-state index in [1.54, 1.807) is 16.2 Å². The molecule has 1 amide bonds. The summed E-state index contributed by atoms with van der Waals surface area (Å²) in [6, 6.07) is 18.4. The van der Waals surface area contributed by atoms with Crippen LogP contribution in [0.15, 0.2) is 71.8 Å². The fourth-order valence-electron chi connectivity index (χ4n) is 3.58. The van der Waals surface area contributed by atoms with E-state index in [4.69, 9.17) is 4.74 Å². The number of carbonyl (C=O) groups excluding carboxylic acids is 1. The molecule has 0 unspecified atom stereocenters. The molecule has 0 saturated carbocycles. The summed E-state index contributed by atoms with van der Waals surface area (Å²) in [5.41, 5.74) is 1.92. The predicted octanol–water partition coefficient (Wildman–Crippen LogP) is 3.90. The van der Waals surface area contributed by atoms with Crippen LogP contribution < -0.4 is 4.74 Å². The molecule has 2 aliphatic rings. The van der Waals surface area contributed by atoms with Crippen molar-refractivity contribution in [3.63, 3.8) is 0 Å². The van der Waals surface area contributed by atoms with Crippen molar-refractivity contribution in [2.75, 3.05) is 32.8 Å². The Bertz CT molecular complexity index is 994. The Balaban J connectivity index is 0.000000398. The van der Waals surface area contributed by atoms with E-state index in [2.05, 4.69) is 14.7 Å². The molecule has 2 aliphatic heterocycles. The Morgan fingerprint density at radius 2 is 1.68 bits per heavy atom. The highest BCUT2D eigenvalue weighted by Crippen LogP contribution is 2.28. The van der Waals surface area contributed by atoms with Crippen molar-refractivity contribution in [2.45, 2.75) is 24.6 Å². The summed E-state index contributed by atoms with van der Waals surface area (Å²) < 4.78 is 35.8. The molecule has 34 heavy (non-hydrogen) atoms. The highest BCUT2D eigenvalue weighted by atomic mass is 32.2. The lowest BCUT2D eigenvalue weighted by Crippen LogP contribution is -2.43. The third-order valence-corrected chi connectivity index (χ3v) is 6.14. The Labute approximate surface area is 201 Å². The van der Waals surface area contributed by atoms with Crippen LogP contribution in [0, 0.1) is 0 Å². The number of halogens is 2. The highest BCUT2D eigenvalue weighted by Gasteiger charge is 2.28. The minimum atomic E-state index is -2.83. The molecule has 3 aromatic rings. The Kier molecular flexibility index (Phi) is 8.51. The Morgan fingerprint density at radius 1 is 1.03 bits per heavy atom. The van der Waals surface area contributed by atoms with Crippen molar-refractivity contribution in [1.29, 1.82) is 0 Å². The number of hydrogen-bond acceptors (Lipinski definition) is 6. The lowest BCUT2D eigenvalue weighted by atomic mass is 10.3. The number of morpholine rings is 1. The smallest absolute Gasteiger partial charge is 0.387 e. The zero-order valence-corrected chi connectivity index (χ0v) is 19.4. The summed E-state index contributed by atoms with van der Waals surface area (Å²) >= 11 is 1.37. The van der Waals surface area contributed by atoms with Gasteiger partial charge in [-0.1, -0.05) is 36.4 Å². The largest absolute Gasteiger partial charge is 0.435 e. The zero-order valence-electron chi connectivity index (χ0n) is 18.6. The van der Waals surface area contributed by atoms with Crippen molar-refractivity contribution in [3.05, 3.63) is 78.1 Å². The molecule has 1 saturated heterocycles. The molecular weight excluding hydrogens is 462 g/mol. The fraction of sp³-hybridized carbons (Fsp3) is 0.333. The number of rotatable bonds is 6. The minimum absolute atomic E-state index is 0.105. The average Bonchev–Trinajstić information content (AvgIpc) is 3.41. The third-order valence-electron chi connectivity index (χ3n) is 5.29. The van der Waals surface area contributed by atoms with Crippen molar-refractivity contribution < 1.29 is 23.0 Å². The van der Waals surface area contributed by atoms with Crippen molar-refractivity contribution in [2.24, 2.45) is 0 Å². The third kappa shape index (κ3) is 7.02. The summed E-state index contributed by atoms with van der Waals surface area (Å²) in [6.45, 7) is 1.56. The minimum Gasteiger partial charge on any atom is -0.435 e. The van der Waals surface area contributed by atoms with Gasteiger partial charge in [0.2, 0.25) is 5.91 Å². The molecule has 3 heterocycles. The molecule has 0 spiro atoms. The first-order valence-corrected chi connectivity index (χ1v) is 11.7. The maximum absolute atomic E-state index is 12.5. The maximum atomic E-state index is 12.5. The van der Waals surface area contributed by atoms with Gasteiger partial charge in [0.05, 0.1) is 32.0 Å². The van der Waals surface area contributed by atoms with Gasteiger partial charge in [-0.2, -0.15) is 13.9 Å². The average molecular weight is 489 g/mol. The van der Waals surface area contributed by atoms with E-state index in [0.717, 1.165) is 29.2 Å². The van der Waals surface area contributed by atoms with E-state index in [9.17, 15) is 13.6 Å². The van der Waals surface area contributed by atoms with Gasteiger partial charge < -0.3 is 14.4 Å². The van der Waals surface area contributed by atoms with Crippen molar-refractivity contribution in [1.82, 2.24) is 19.0 Å². The topological polar surface area (TPSA) is 59.8 Å². The molecule has 1 aromatic heterocycles. The number of alkyl halides is 2. The molecule has 0 bridgehead atoms. The van der Waals surface area contributed by atoms with E-state index >= 15 is 0 Å². The summed E-state index contributed by atoms with van der Waals surface area (Å²) in [5, 5.41) is 4.54. The van der Waals surface area contributed by atoms with Crippen molar-refractivity contribution in [3.8, 4) is 5.75 Å². The van der Waals surface area contributed by atoms with E-state index in [0.29, 0.717) is 32.8 Å². The molecule has 180 valence electrons. The first-order valence-electron chi connectivity index (χ1n) is 11.0. The molecule has 2 aromatic carbocycles. The standard InChI is InChI=1S/C18H20F2N4O3S.C6H6/c19-18(20)27-14-1-3-15(4-2-14)28-24-10-13-9-23(11-16(13)21-24)17(25)12-22-5-7-26-8-6-22;1-2-4-6-5-3-1/h1-4,10,18H,5-9,11-12H2;1-6H. The summed E-state index contributed by atoms with van der Waals surface area (Å²) in [5.74, 6) is 0.227. The lowest BCUT2D eigenvalue weighted by Gasteiger charge is -2.27. The van der Waals surface area contributed by atoms with E-state index in [1.807, 2.05) is 47.5 Å². The summed E-state index contributed by atoms with van der Waals surface area (Å²) in [4.78, 5) is 17.3. The van der Waals surface area contributed by atoms with Gasteiger partial charge in [0.15, 0.2) is 0 Å². The summed E-state index contributed by atoms with van der Waals surface area (Å²) in [7, 11) is 0. The van der Waals surface area contributed by atoms with Gasteiger partial charge in [-0.15, -0.1) is 0 Å². The predicted molar refractivity (Wildman–Crippen MR) is 125 cm³/mol. The number of carbonyl (C=O) groups is 1. The van der Waals surface area contributed by atoms with Gasteiger partial charge in [0.25, 0.3) is 0 Å². The molecule has 10 heteroatoms. The second kappa shape index (κ2) is 12.0. The number of amides is 1. The fourth-order valence-corrected chi connectivity index (χ4v) is 4.37. The number of nitrogens with zero attached hydrogens (tertiary/aromatic N) is 4. The van der Waals surface area contributed by atoms with Crippen LogP contribution in [0.4, 0.5) is 8.78 Å².